The first-order valence-corrected chi connectivity index (χ1v) is 8.97. The third-order valence-electron chi connectivity index (χ3n) is 3.81. The van der Waals surface area contributed by atoms with Crippen molar-refractivity contribution in [2.75, 3.05) is 6.26 Å². The largest absolute Gasteiger partial charge is 0.392 e. The maximum Gasteiger partial charge on any atom is 0.150 e. The summed E-state index contributed by atoms with van der Waals surface area (Å²) < 4.78 is 36.9. The zero-order valence-corrected chi connectivity index (χ0v) is 13.3. The van der Waals surface area contributed by atoms with Crippen LogP contribution in [0.1, 0.15) is 37.8 Å². The van der Waals surface area contributed by atoms with Crippen molar-refractivity contribution in [2.45, 2.75) is 44.5 Å². The van der Waals surface area contributed by atoms with Gasteiger partial charge in [0.15, 0.2) is 0 Å². The Hall–Kier alpha value is -1.43. The Morgan fingerprint density at radius 1 is 1.48 bits per heavy atom. The lowest BCUT2D eigenvalue weighted by Crippen LogP contribution is -2.23. The first-order valence-electron chi connectivity index (χ1n) is 7.01. The van der Waals surface area contributed by atoms with E-state index >= 15 is 0 Å². The Labute approximate surface area is 124 Å². The fourth-order valence-corrected chi connectivity index (χ4v) is 2.84. The van der Waals surface area contributed by atoms with Gasteiger partial charge in [-0.2, -0.15) is 0 Å². The number of sulfone groups is 1. The van der Waals surface area contributed by atoms with Crippen LogP contribution in [0.2, 0.25) is 0 Å². The summed E-state index contributed by atoms with van der Waals surface area (Å²) in [5.74, 6) is -0.312. The summed E-state index contributed by atoms with van der Waals surface area (Å²) in [6.07, 6.45) is 2.46. The second-order valence-electron chi connectivity index (χ2n) is 5.51. The van der Waals surface area contributed by atoms with Crippen molar-refractivity contribution < 1.29 is 17.6 Å². The van der Waals surface area contributed by atoms with Gasteiger partial charge in [-0.3, -0.25) is 0 Å². The first kappa shape index (κ1) is 15.9. The van der Waals surface area contributed by atoms with Crippen molar-refractivity contribution in [3.8, 4) is 0 Å². The minimum atomic E-state index is -3.09. The van der Waals surface area contributed by atoms with Gasteiger partial charge >= 0.3 is 0 Å². The molecule has 1 aromatic carbocycles. The van der Waals surface area contributed by atoms with E-state index in [1.807, 2.05) is 13.0 Å². The molecule has 0 aromatic heterocycles. The van der Waals surface area contributed by atoms with Crippen LogP contribution in [0, 0.1) is 5.82 Å². The summed E-state index contributed by atoms with van der Waals surface area (Å²) in [4.78, 5) is 5.25. The maximum atomic E-state index is 14.0. The summed E-state index contributed by atoms with van der Waals surface area (Å²) in [7, 11) is -3.09. The van der Waals surface area contributed by atoms with Gasteiger partial charge in [0.05, 0.1) is 11.0 Å². The summed E-state index contributed by atoms with van der Waals surface area (Å²) in [5, 5.41) is 3.42. The van der Waals surface area contributed by atoms with Gasteiger partial charge in [-0.25, -0.2) is 12.8 Å². The van der Waals surface area contributed by atoms with Crippen LogP contribution in [0.4, 0.5) is 4.39 Å². The molecule has 6 heteroatoms. The summed E-state index contributed by atoms with van der Waals surface area (Å²) in [6, 6.07) is 5.08. The van der Waals surface area contributed by atoms with Crippen LogP contribution in [0.5, 0.6) is 0 Å². The van der Waals surface area contributed by atoms with E-state index in [0.29, 0.717) is 24.1 Å². The van der Waals surface area contributed by atoms with Gasteiger partial charge in [-0.1, -0.05) is 18.1 Å². The van der Waals surface area contributed by atoms with Crippen molar-refractivity contribution >= 4 is 15.5 Å². The Morgan fingerprint density at radius 3 is 2.76 bits per heavy atom. The van der Waals surface area contributed by atoms with Gasteiger partial charge in [-0.15, -0.1) is 0 Å². The van der Waals surface area contributed by atoms with E-state index in [1.54, 1.807) is 13.0 Å². The van der Waals surface area contributed by atoms with Crippen LogP contribution in [0.3, 0.4) is 0 Å². The predicted octanol–water partition coefficient (Wildman–Crippen LogP) is 2.70. The lowest BCUT2D eigenvalue weighted by molar-refractivity contribution is 0.0792. The standard InChI is InChI=1S/C15H20FNO3S/c1-4-11-5-6-13(14(16)8-11)15-9-12(20-17-15)7-10(2)21(3,18)19/h5-6,8,10,12H,4,7,9H2,1-3H3. The molecule has 0 saturated heterocycles. The lowest BCUT2D eigenvalue weighted by atomic mass is 10.0. The van der Waals surface area contributed by atoms with Gasteiger partial charge in [-0.05, 0) is 31.0 Å². The first-order chi connectivity index (χ1) is 9.81. The fraction of sp³-hybridized carbons (Fsp3) is 0.533. The second-order valence-corrected chi connectivity index (χ2v) is 7.98. The monoisotopic (exact) mass is 313 g/mol. The van der Waals surface area contributed by atoms with Crippen molar-refractivity contribution in [3.63, 3.8) is 0 Å². The highest BCUT2D eigenvalue weighted by atomic mass is 32.2. The van der Waals surface area contributed by atoms with E-state index in [9.17, 15) is 12.8 Å². The minimum Gasteiger partial charge on any atom is -0.392 e. The number of hydrogen-bond acceptors (Lipinski definition) is 4. The van der Waals surface area contributed by atoms with Crippen molar-refractivity contribution in [2.24, 2.45) is 5.16 Å². The quantitative estimate of drug-likeness (QED) is 0.840. The minimum absolute atomic E-state index is 0.310. The molecule has 1 heterocycles. The molecule has 2 atom stereocenters. The molecule has 1 aliphatic heterocycles. The second kappa shape index (κ2) is 6.13. The van der Waals surface area contributed by atoms with Gasteiger partial charge in [0.1, 0.15) is 21.8 Å². The predicted molar refractivity (Wildman–Crippen MR) is 80.7 cm³/mol. The van der Waals surface area contributed by atoms with E-state index in [1.165, 1.54) is 12.3 Å². The van der Waals surface area contributed by atoms with Crippen molar-refractivity contribution in [1.82, 2.24) is 0 Å². The molecular weight excluding hydrogens is 293 g/mol. The molecule has 2 rings (SSSR count). The van der Waals surface area contributed by atoms with E-state index in [0.717, 1.165) is 12.0 Å². The van der Waals surface area contributed by atoms with Crippen LogP contribution in [0.25, 0.3) is 0 Å². The normalized spacial score (nSPS) is 20.0. The molecule has 0 bridgehead atoms. The molecule has 0 N–H and O–H groups in total. The van der Waals surface area contributed by atoms with E-state index in [4.69, 9.17) is 4.84 Å². The molecule has 0 fully saturated rings. The molecule has 0 spiro atoms. The highest BCUT2D eigenvalue weighted by Gasteiger charge is 2.28. The van der Waals surface area contributed by atoms with Crippen molar-refractivity contribution in [3.05, 3.63) is 35.1 Å². The molecule has 4 nitrogen and oxygen atoms in total. The van der Waals surface area contributed by atoms with E-state index < -0.39 is 15.1 Å². The molecule has 1 aliphatic rings. The highest BCUT2D eigenvalue weighted by molar-refractivity contribution is 7.91. The summed E-state index contributed by atoms with van der Waals surface area (Å²) in [5.41, 5.74) is 1.90. The molecule has 0 aliphatic carbocycles. The molecule has 0 amide bonds. The molecule has 1 aromatic rings. The van der Waals surface area contributed by atoms with Crippen LogP contribution in [-0.4, -0.2) is 31.7 Å². The average Bonchev–Trinajstić information content (AvgIpc) is 2.85. The number of benzene rings is 1. The van der Waals surface area contributed by atoms with Gasteiger partial charge < -0.3 is 4.84 Å². The molecule has 0 radical (unpaired) electrons. The van der Waals surface area contributed by atoms with E-state index in [2.05, 4.69) is 5.16 Å². The fourth-order valence-electron chi connectivity index (χ4n) is 2.27. The number of aryl methyl sites for hydroxylation is 1. The third-order valence-corrected chi connectivity index (χ3v) is 5.47. The number of hydrogen-bond donors (Lipinski definition) is 0. The van der Waals surface area contributed by atoms with E-state index in [-0.39, 0.29) is 11.9 Å². The third kappa shape index (κ3) is 3.81. The zero-order valence-electron chi connectivity index (χ0n) is 12.5. The van der Waals surface area contributed by atoms with Crippen LogP contribution < -0.4 is 0 Å². The van der Waals surface area contributed by atoms with Crippen LogP contribution in [-0.2, 0) is 21.1 Å². The van der Waals surface area contributed by atoms with Gasteiger partial charge in [0.25, 0.3) is 0 Å². The molecule has 0 saturated carbocycles. The van der Waals surface area contributed by atoms with Crippen LogP contribution in [0.15, 0.2) is 23.4 Å². The summed E-state index contributed by atoms with van der Waals surface area (Å²) in [6.45, 7) is 3.61. The van der Waals surface area contributed by atoms with Gasteiger partial charge in [0.2, 0.25) is 0 Å². The number of halogens is 1. The maximum absolute atomic E-state index is 14.0. The average molecular weight is 313 g/mol. The number of rotatable bonds is 5. The number of nitrogens with zero attached hydrogens (tertiary/aromatic N) is 1. The molecule has 21 heavy (non-hydrogen) atoms. The Balaban J connectivity index is 2.05. The SMILES string of the molecule is CCc1ccc(C2=NOC(CC(C)S(C)(=O)=O)C2)c(F)c1. The highest BCUT2D eigenvalue weighted by Crippen LogP contribution is 2.24. The van der Waals surface area contributed by atoms with Crippen LogP contribution >= 0.6 is 0 Å². The number of oxime groups is 1. The molecular formula is C15H20FNO3S. The van der Waals surface area contributed by atoms with Gasteiger partial charge in [0, 0.05) is 24.7 Å². The topological polar surface area (TPSA) is 55.7 Å². The summed E-state index contributed by atoms with van der Waals surface area (Å²) >= 11 is 0. The lowest BCUT2D eigenvalue weighted by Gasteiger charge is -2.13. The molecule has 116 valence electrons. The zero-order chi connectivity index (χ0) is 15.6. The molecule has 2 unspecified atom stereocenters. The van der Waals surface area contributed by atoms with Crippen molar-refractivity contribution in [1.29, 1.82) is 0 Å². The Bertz CT molecular complexity index is 655. The Morgan fingerprint density at radius 2 is 2.19 bits per heavy atom. The Kier molecular flexibility index (Phi) is 4.66. The smallest absolute Gasteiger partial charge is 0.150 e.